The molecule has 0 amide bonds. The van der Waals surface area contributed by atoms with E-state index >= 15 is 0 Å². The summed E-state index contributed by atoms with van der Waals surface area (Å²) in [7, 11) is 0. The lowest BCUT2D eigenvalue weighted by Gasteiger charge is -2.20. The molecule has 0 fully saturated rings. The molecule has 0 saturated carbocycles. The minimum absolute atomic E-state index is 0.184. The fourth-order valence-corrected chi connectivity index (χ4v) is 3.25. The highest BCUT2D eigenvalue weighted by atomic mass is 16.5. The van der Waals surface area contributed by atoms with Gasteiger partial charge in [0.25, 0.3) is 0 Å². The van der Waals surface area contributed by atoms with Gasteiger partial charge in [0.2, 0.25) is 0 Å². The van der Waals surface area contributed by atoms with Crippen molar-refractivity contribution < 1.29 is 14.3 Å². The second-order valence-corrected chi connectivity index (χ2v) is 6.86. The Hall–Kier alpha value is -2.42. The molecule has 2 aromatic carbocycles. The molecule has 0 bridgehead atoms. The number of Topliss-reactive ketones (excluding diaryl/α,β-unsaturated/α-hetero) is 1. The standard InChI is InChI=1S/C23H28O3/c1-6-7-13-26-23(25)21(19-11-9-8-10-12-19)22(24)20-16(3)14-15(2)17(4)18(20)5/h8-12,14,21H,6-7,13H2,1-5H3. The summed E-state index contributed by atoms with van der Waals surface area (Å²) in [5.74, 6) is -1.57. The summed E-state index contributed by atoms with van der Waals surface area (Å²) in [5, 5.41) is 0. The van der Waals surface area contributed by atoms with Gasteiger partial charge in [-0.25, -0.2) is 0 Å². The number of hydrogen-bond donors (Lipinski definition) is 0. The number of ether oxygens (including phenoxy) is 1. The summed E-state index contributed by atoms with van der Waals surface area (Å²) in [6, 6.07) is 11.2. The summed E-state index contributed by atoms with van der Waals surface area (Å²) in [5.41, 5.74) is 5.39. The van der Waals surface area contributed by atoms with Crippen LogP contribution in [0.5, 0.6) is 0 Å². The number of hydrogen-bond acceptors (Lipinski definition) is 3. The molecule has 0 aromatic heterocycles. The molecule has 3 nitrogen and oxygen atoms in total. The van der Waals surface area contributed by atoms with Gasteiger partial charge in [-0.2, -0.15) is 0 Å². The quantitative estimate of drug-likeness (QED) is 0.297. The second kappa shape index (κ2) is 8.79. The molecule has 2 rings (SSSR count). The maximum absolute atomic E-state index is 13.4. The molecule has 0 saturated heterocycles. The number of rotatable bonds is 7. The second-order valence-electron chi connectivity index (χ2n) is 6.86. The van der Waals surface area contributed by atoms with Gasteiger partial charge in [0.05, 0.1) is 6.61 Å². The smallest absolute Gasteiger partial charge is 0.321 e. The molecule has 0 aliphatic heterocycles. The number of ketones is 1. The Morgan fingerprint density at radius 2 is 1.62 bits per heavy atom. The van der Waals surface area contributed by atoms with Crippen molar-refractivity contribution in [2.45, 2.75) is 53.4 Å². The van der Waals surface area contributed by atoms with Gasteiger partial charge in [-0.3, -0.25) is 9.59 Å². The van der Waals surface area contributed by atoms with Gasteiger partial charge in [-0.15, -0.1) is 0 Å². The van der Waals surface area contributed by atoms with Gasteiger partial charge < -0.3 is 4.74 Å². The molecule has 1 atom stereocenters. The summed E-state index contributed by atoms with van der Waals surface area (Å²) in [6.07, 6.45) is 1.73. The van der Waals surface area contributed by atoms with Crippen molar-refractivity contribution in [3.63, 3.8) is 0 Å². The normalized spacial score (nSPS) is 11.9. The summed E-state index contributed by atoms with van der Waals surface area (Å²) in [6.45, 7) is 10.3. The van der Waals surface area contributed by atoms with E-state index in [1.54, 1.807) is 0 Å². The highest BCUT2D eigenvalue weighted by molar-refractivity contribution is 6.14. The molecule has 0 spiro atoms. The molecule has 0 radical (unpaired) electrons. The molecule has 26 heavy (non-hydrogen) atoms. The Kier molecular flexibility index (Phi) is 6.73. The van der Waals surface area contributed by atoms with Crippen LogP contribution in [0.1, 0.15) is 63.9 Å². The van der Waals surface area contributed by atoms with E-state index in [9.17, 15) is 9.59 Å². The van der Waals surface area contributed by atoms with Crippen LogP contribution < -0.4 is 0 Å². The van der Waals surface area contributed by atoms with Crippen LogP contribution in [-0.4, -0.2) is 18.4 Å². The van der Waals surface area contributed by atoms with Crippen molar-refractivity contribution in [2.24, 2.45) is 0 Å². The third-order valence-electron chi connectivity index (χ3n) is 4.98. The fraction of sp³-hybridized carbons (Fsp3) is 0.391. The molecule has 0 aliphatic rings. The van der Waals surface area contributed by atoms with E-state index in [0.29, 0.717) is 17.7 Å². The molecule has 1 unspecified atom stereocenters. The Bertz CT molecular complexity index is 791. The monoisotopic (exact) mass is 352 g/mol. The van der Waals surface area contributed by atoms with Crippen LogP contribution in [-0.2, 0) is 9.53 Å². The SMILES string of the molecule is CCCCOC(=O)C(C(=O)c1c(C)cc(C)c(C)c1C)c1ccccc1. The van der Waals surface area contributed by atoms with E-state index in [1.165, 1.54) is 0 Å². The van der Waals surface area contributed by atoms with E-state index in [1.807, 2.05) is 71.0 Å². The summed E-state index contributed by atoms with van der Waals surface area (Å²) < 4.78 is 5.42. The van der Waals surface area contributed by atoms with E-state index in [4.69, 9.17) is 4.74 Å². The minimum Gasteiger partial charge on any atom is -0.465 e. The zero-order chi connectivity index (χ0) is 19.3. The molecule has 2 aromatic rings. The first-order valence-electron chi connectivity index (χ1n) is 9.21. The number of benzene rings is 2. The molecule has 0 heterocycles. The van der Waals surface area contributed by atoms with Crippen LogP contribution >= 0.6 is 0 Å². The maximum Gasteiger partial charge on any atom is 0.321 e. The van der Waals surface area contributed by atoms with Crippen molar-refractivity contribution in [1.82, 2.24) is 0 Å². The zero-order valence-electron chi connectivity index (χ0n) is 16.4. The summed E-state index contributed by atoms with van der Waals surface area (Å²) >= 11 is 0. The van der Waals surface area contributed by atoms with Crippen LogP contribution in [0.15, 0.2) is 36.4 Å². The average molecular weight is 352 g/mol. The van der Waals surface area contributed by atoms with Gasteiger partial charge >= 0.3 is 5.97 Å². The first kappa shape index (κ1) is 19.9. The van der Waals surface area contributed by atoms with Crippen molar-refractivity contribution in [1.29, 1.82) is 0 Å². The Morgan fingerprint density at radius 1 is 0.962 bits per heavy atom. The van der Waals surface area contributed by atoms with E-state index in [2.05, 4.69) is 0 Å². The fourth-order valence-electron chi connectivity index (χ4n) is 3.25. The Morgan fingerprint density at radius 3 is 2.23 bits per heavy atom. The number of carbonyl (C=O) groups excluding carboxylic acids is 2. The number of unbranched alkanes of at least 4 members (excludes halogenated alkanes) is 1. The minimum atomic E-state index is -0.924. The van der Waals surface area contributed by atoms with E-state index < -0.39 is 11.9 Å². The van der Waals surface area contributed by atoms with Gasteiger partial charge in [-0.1, -0.05) is 49.7 Å². The topological polar surface area (TPSA) is 43.4 Å². The molecule has 138 valence electrons. The van der Waals surface area contributed by atoms with Crippen LogP contribution in [0.2, 0.25) is 0 Å². The molecule has 3 heteroatoms. The first-order valence-corrected chi connectivity index (χ1v) is 9.21. The third kappa shape index (κ3) is 4.21. The highest BCUT2D eigenvalue weighted by Crippen LogP contribution is 2.29. The molecular weight excluding hydrogens is 324 g/mol. The Labute approximate surface area is 156 Å². The lowest BCUT2D eigenvalue weighted by atomic mass is 9.84. The van der Waals surface area contributed by atoms with Gasteiger partial charge in [-0.05, 0) is 61.9 Å². The van der Waals surface area contributed by atoms with Gasteiger partial charge in [0, 0.05) is 5.56 Å². The average Bonchev–Trinajstić information content (AvgIpc) is 2.61. The van der Waals surface area contributed by atoms with E-state index in [-0.39, 0.29) is 5.78 Å². The van der Waals surface area contributed by atoms with Gasteiger partial charge in [0.1, 0.15) is 5.92 Å². The predicted molar refractivity (Wildman–Crippen MR) is 105 cm³/mol. The lowest BCUT2D eigenvalue weighted by Crippen LogP contribution is -2.26. The maximum atomic E-state index is 13.4. The number of carbonyl (C=O) groups is 2. The van der Waals surface area contributed by atoms with Crippen molar-refractivity contribution in [3.05, 3.63) is 69.8 Å². The number of esters is 1. The van der Waals surface area contributed by atoms with Crippen molar-refractivity contribution >= 4 is 11.8 Å². The molecule has 0 N–H and O–H groups in total. The molecular formula is C23H28O3. The largest absolute Gasteiger partial charge is 0.465 e. The number of aryl methyl sites for hydroxylation is 2. The third-order valence-corrected chi connectivity index (χ3v) is 4.98. The molecule has 0 aliphatic carbocycles. The van der Waals surface area contributed by atoms with Crippen LogP contribution in [0.3, 0.4) is 0 Å². The van der Waals surface area contributed by atoms with Crippen LogP contribution in [0, 0.1) is 27.7 Å². The van der Waals surface area contributed by atoms with Crippen molar-refractivity contribution in [3.8, 4) is 0 Å². The highest BCUT2D eigenvalue weighted by Gasteiger charge is 2.32. The summed E-state index contributed by atoms with van der Waals surface area (Å²) in [4.78, 5) is 26.2. The predicted octanol–water partition coefficient (Wildman–Crippen LogP) is 5.23. The zero-order valence-corrected chi connectivity index (χ0v) is 16.4. The van der Waals surface area contributed by atoms with Crippen molar-refractivity contribution in [2.75, 3.05) is 6.61 Å². The van der Waals surface area contributed by atoms with Crippen LogP contribution in [0.25, 0.3) is 0 Å². The van der Waals surface area contributed by atoms with Gasteiger partial charge in [0.15, 0.2) is 5.78 Å². The van der Waals surface area contributed by atoms with E-state index in [0.717, 1.165) is 35.1 Å². The van der Waals surface area contributed by atoms with Crippen LogP contribution in [0.4, 0.5) is 0 Å². The Balaban J connectivity index is 2.48. The lowest BCUT2D eigenvalue weighted by molar-refractivity contribution is -0.144. The first-order chi connectivity index (χ1) is 12.4.